The minimum Gasteiger partial charge on any atom is -0.267 e. The number of allylic oxidation sites excluding steroid dienone is 2. The van der Waals surface area contributed by atoms with Gasteiger partial charge in [-0.1, -0.05) is 60.2 Å². The molecule has 2 aromatic carbocycles. The zero-order valence-corrected chi connectivity index (χ0v) is 12.8. The highest BCUT2D eigenvalue weighted by atomic mass is 35.5. The minimum atomic E-state index is -0.437. The molecule has 114 valence electrons. The molecule has 2 aromatic rings. The van der Waals surface area contributed by atoms with Crippen molar-refractivity contribution in [3.05, 3.63) is 82.9 Å². The molecule has 2 amide bonds. The first-order valence-electron chi connectivity index (χ1n) is 6.99. The molecule has 23 heavy (non-hydrogen) atoms. The highest BCUT2D eigenvalue weighted by molar-refractivity contribution is 6.32. The molecule has 1 heterocycles. The Morgan fingerprint density at radius 1 is 1.00 bits per heavy atom. The molecule has 0 aromatic heterocycles. The number of rotatable bonds is 3. The van der Waals surface area contributed by atoms with Gasteiger partial charge in [-0.15, -0.1) is 0 Å². The van der Waals surface area contributed by atoms with Crippen LogP contribution in [0.5, 0.6) is 0 Å². The first kappa shape index (κ1) is 15.1. The van der Waals surface area contributed by atoms with E-state index in [2.05, 4.69) is 5.43 Å². The van der Waals surface area contributed by atoms with E-state index in [1.54, 1.807) is 30.3 Å². The number of hydrazine groups is 1. The molecule has 4 nitrogen and oxygen atoms in total. The Hall–Kier alpha value is -2.85. The second-order valence-electron chi connectivity index (χ2n) is 4.91. The number of hydrogen-bond donors (Lipinski definition) is 1. The van der Waals surface area contributed by atoms with Gasteiger partial charge < -0.3 is 0 Å². The molecule has 0 spiro atoms. The lowest BCUT2D eigenvalue weighted by Gasteiger charge is -2.14. The predicted octanol–water partition coefficient (Wildman–Crippen LogP) is 3.36. The van der Waals surface area contributed by atoms with Crippen LogP contribution in [0.4, 0.5) is 5.69 Å². The Morgan fingerprint density at radius 3 is 2.52 bits per heavy atom. The molecule has 3 rings (SSSR count). The smallest absolute Gasteiger partial charge is 0.267 e. The van der Waals surface area contributed by atoms with Crippen LogP contribution in [-0.2, 0) is 9.59 Å². The summed E-state index contributed by atoms with van der Waals surface area (Å²) in [6, 6.07) is 16.4. The lowest BCUT2D eigenvalue weighted by Crippen LogP contribution is -2.35. The molecule has 0 saturated carbocycles. The number of carbonyl (C=O) groups is 2. The fourth-order valence-electron chi connectivity index (χ4n) is 2.19. The van der Waals surface area contributed by atoms with Gasteiger partial charge in [-0.25, -0.2) is 5.01 Å². The molecular formula is C18H13ClN2O2. The summed E-state index contributed by atoms with van der Waals surface area (Å²) in [6.07, 6.45) is 5.02. The third-order valence-corrected chi connectivity index (χ3v) is 3.54. The minimum absolute atomic E-state index is 0.0807. The summed E-state index contributed by atoms with van der Waals surface area (Å²) in [7, 11) is 0. The van der Waals surface area contributed by atoms with Crippen molar-refractivity contribution < 1.29 is 9.59 Å². The van der Waals surface area contributed by atoms with Crippen molar-refractivity contribution in [3.8, 4) is 0 Å². The second-order valence-corrected chi connectivity index (χ2v) is 5.35. The average Bonchev–Trinajstić information content (AvgIpc) is 2.84. The SMILES string of the molecule is O=C1NN(c2cccc(Cl)c2)C(=O)/C1=C/C=C/c1ccccc1. The summed E-state index contributed by atoms with van der Waals surface area (Å²) in [5, 5.41) is 1.68. The number of carbonyl (C=O) groups excluding carboxylic acids is 2. The van der Waals surface area contributed by atoms with Crippen molar-refractivity contribution in [2.75, 3.05) is 5.01 Å². The quantitative estimate of drug-likeness (QED) is 0.695. The number of hydrogen-bond acceptors (Lipinski definition) is 2. The van der Waals surface area contributed by atoms with E-state index in [9.17, 15) is 9.59 Å². The Morgan fingerprint density at radius 2 is 1.78 bits per heavy atom. The lowest BCUT2D eigenvalue weighted by atomic mass is 10.2. The summed E-state index contributed by atoms with van der Waals surface area (Å²) in [6.45, 7) is 0. The van der Waals surface area contributed by atoms with Gasteiger partial charge in [-0.3, -0.25) is 15.0 Å². The molecule has 1 saturated heterocycles. The molecule has 1 N–H and O–H groups in total. The van der Waals surface area contributed by atoms with Crippen molar-refractivity contribution in [1.29, 1.82) is 0 Å². The van der Waals surface area contributed by atoms with Crippen LogP contribution in [0.3, 0.4) is 0 Å². The van der Waals surface area contributed by atoms with Gasteiger partial charge in [0.15, 0.2) is 0 Å². The van der Waals surface area contributed by atoms with Gasteiger partial charge in [-0.2, -0.15) is 0 Å². The third kappa shape index (κ3) is 3.33. The molecule has 1 fully saturated rings. The number of nitrogens with one attached hydrogen (secondary N) is 1. The van der Waals surface area contributed by atoms with Crippen LogP contribution in [0.1, 0.15) is 5.56 Å². The van der Waals surface area contributed by atoms with Crippen LogP contribution in [0.15, 0.2) is 72.3 Å². The summed E-state index contributed by atoms with van der Waals surface area (Å²) in [5.74, 6) is -0.845. The predicted molar refractivity (Wildman–Crippen MR) is 90.6 cm³/mol. The number of nitrogens with zero attached hydrogens (tertiary/aromatic N) is 1. The largest absolute Gasteiger partial charge is 0.282 e. The van der Waals surface area contributed by atoms with Gasteiger partial charge in [0.2, 0.25) is 0 Å². The second kappa shape index (κ2) is 6.50. The van der Waals surface area contributed by atoms with Crippen molar-refractivity contribution in [3.63, 3.8) is 0 Å². The molecule has 0 aliphatic carbocycles. The zero-order valence-electron chi connectivity index (χ0n) is 12.1. The van der Waals surface area contributed by atoms with E-state index < -0.39 is 11.8 Å². The van der Waals surface area contributed by atoms with E-state index in [0.717, 1.165) is 5.56 Å². The summed E-state index contributed by atoms with van der Waals surface area (Å²) < 4.78 is 0. The van der Waals surface area contributed by atoms with E-state index in [1.807, 2.05) is 36.4 Å². The van der Waals surface area contributed by atoms with Gasteiger partial charge in [-0.05, 0) is 29.8 Å². The van der Waals surface area contributed by atoms with E-state index >= 15 is 0 Å². The van der Waals surface area contributed by atoms with Gasteiger partial charge in [0.25, 0.3) is 11.8 Å². The molecule has 0 atom stereocenters. The van der Waals surface area contributed by atoms with Gasteiger partial charge in [0, 0.05) is 5.02 Å². The summed E-state index contributed by atoms with van der Waals surface area (Å²) in [5.41, 5.74) is 4.12. The van der Waals surface area contributed by atoms with E-state index in [4.69, 9.17) is 11.6 Å². The standard InChI is InChI=1S/C18H13ClN2O2/c19-14-9-5-10-15(12-14)21-18(23)16(17(22)20-21)11-4-8-13-6-2-1-3-7-13/h1-12H,(H,20,22)/b8-4+,16-11+. The number of benzene rings is 2. The summed E-state index contributed by atoms with van der Waals surface area (Å²) in [4.78, 5) is 24.4. The number of halogens is 1. The third-order valence-electron chi connectivity index (χ3n) is 3.31. The number of amides is 2. The van der Waals surface area contributed by atoms with Crippen molar-refractivity contribution >= 4 is 35.2 Å². The topological polar surface area (TPSA) is 49.4 Å². The Bertz CT molecular complexity index is 813. The molecule has 1 aliphatic heterocycles. The fraction of sp³-hybridized carbons (Fsp3) is 0. The lowest BCUT2D eigenvalue weighted by molar-refractivity contribution is -0.117. The van der Waals surface area contributed by atoms with Crippen molar-refractivity contribution in [2.24, 2.45) is 0 Å². The van der Waals surface area contributed by atoms with E-state index in [0.29, 0.717) is 10.7 Å². The Balaban J connectivity index is 1.81. The zero-order chi connectivity index (χ0) is 16.2. The maximum atomic E-state index is 12.4. The van der Waals surface area contributed by atoms with Crippen molar-refractivity contribution in [1.82, 2.24) is 5.43 Å². The van der Waals surface area contributed by atoms with E-state index in [1.165, 1.54) is 11.1 Å². The van der Waals surface area contributed by atoms with Gasteiger partial charge in [0.1, 0.15) is 5.57 Å². The van der Waals surface area contributed by atoms with Crippen LogP contribution < -0.4 is 10.4 Å². The van der Waals surface area contributed by atoms with E-state index in [-0.39, 0.29) is 5.57 Å². The maximum absolute atomic E-state index is 12.4. The van der Waals surface area contributed by atoms with Crippen LogP contribution >= 0.6 is 11.6 Å². The molecule has 0 radical (unpaired) electrons. The first-order chi connectivity index (χ1) is 11.1. The molecule has 0 unspecified atom stereocenters. The average molecular weight is 325 g/mol. The highest BCUT2D eigenvalue weighted by Crippen LogP contribution is 2.23. The molecular weight excluding hydrogens is 312 g/mol. The van der Waals surface area contributed by atoms with Crippen LogP contribution in [-0.4, -0.2) is 11.8 Å². The Kier molecular flexibility index (Phi) is 4.26. The highest BCUT2D eigenvalue weighted by Gasteiger charge is 2.33. The summed E-state index contributed by atoms with van der Waals surface area (Å²) >= 11 is 5.92. The van der Waals surface area contributed by atoms with Gasteiger partial charge >= 0.3 is 0 Å². The van der Waals surface area contributed by atoms with Gasteiger partial charge in [0.05, 0.1) is 5.69 Å². The van der Waals surface area contributed by atoms with Crippen LogP contribution in [0.2, 0.25) is 5.02 Å². The maximum Gasteiger partial charge on any atom is 0.282 e. The Labute approximate surface area is 138 Å². The van der Waals surface area contributed by atoms with Crippen LogP contribution in [0.25, 0.3) is 6.08 Å². The fourth-order valence-corrected chi connectivity index (χ4v) is 2.38. The molecule has 5 heteroatoms. The number of anilines is 1. The molecule has 0 bridgehead atoms. The van der Waals surface area contributed by atoms with Crippen molar-refractivity contribution in [2.45, 2.75) is 0 Å². The van der Waals surface area contributed by atoms with Crippen LogP contribution in [0, 0.1) is 0 Å². The first-order valence-corrected chi connectivity index (χ1v) is 7.37. The normalized spacial score (nSPS) is 16.4. The monoisotopic (exact) mass is 324 g/mol. The molecule has 1 aliphatic rings.